The molecule has 1 heterocycles. The summed E-state index contributed by atoms with van der Waals surface area (Å²) < 4.78 is 0. The molecule has 11 heteroatoms. The van der Waals surface area contributed by atoms with E-state index in [1.165, 1.54) is 11.8 Å². The molecule has 4 amide bonds. The molecule has 0 bridgehead atoms. The normalized spacial score (nSPS) is 17.1. The van der Waals surface area contributed by atoms with Crippen molar-refractivity contribution < 1.29 is 29.1 Å². The Morgan fingerprint density at radius 1 is 1.19 bits per heavy atom. The first-order chi connectivity index (χ1) is 12.8. The number of nitrogens with one attached hydrogen (secondary N) is 3. The Balaban J connectivity index is 2.65. The Morgan fingerprint density at radius 2 is 1.89 bits per heavy atom. The molecule has 0 radical (unpaired) electrons. The quantitative estimate of drug-likeness (QED) is 0.350. The van der Waals surface area contributed by atoms with Gasteiger partial charge in [0.25, 0.3) is 0 Å². The van der Waals surface area contributed by atoms with Crippen LogP contribution in [0.3, 0.4) is 0 Å². The van der Waals surface area contributed by atoms with Gasteiger partial charge in [0, 0.05) is 13.5 Å². The lowest BCUT2D eigenvalue weighted by Crippen LogP contribution is -2.54. The van der Waals surface area contributed by atoms with Gasteiger partial charge >= 0.3 is 5.97 Å². The monoisotopic (exact) mass is 402 g/mol. The number of carbonyl (C=O) groups excluding carboxylic acids is 4. The lowest BCUT2D eigenvalue weighted by molar-refractivity contribution is -0.141. The number of hydrogen-bond acceptors (Lipinski definition) is 6. The zero-order valence-electron chi connectivity index (χ0n) is 15.4. The second-order valence-electron chi connectivity index (χ2n) is 6.11. The average Bonchev–Trinajstić information content (AvgIpc) is 3.10. The summed E-state index contributed by atoms with van der Waals surface area (Å²) in [5, 5.41) is 15.7. The molecule has 4 N–H and O–H groups in total. The zero-order valence-corrected chi connectivity index (χ0v) is 16.3. The molecule has 0 aromatic heterocycles. The second-order valence-corrected chi connectivity index (χ2v) is 7.10. The predicted molar refractivity (Wildman–Crippen MR) is 99.0 cm³/mol. The maximum absolute atomic E-state index is 12.8. The molecule has 0 unspecified atom stereocenters. The minimum Gasteiger partial charge on any atom is -0.480 e. The van der Waals surface area contributed by atoms with Crippen LogP contribution in [-0.2, 0) is 24.0 Å². The lowest BCUT2D eigenvalue weighted by atomic mass is 10.1. The van der Waals surface area contributed by atoms with Crippen LogP contribution < -0.4 is 16.0 Å². The van der Waals surface area contributed by atoms with Crippen LogP contribution in [0.25, 0.3) is 0 Å². The summed E-state index contributed by atoms with van der Waals surface area (Å²) in [5.74, 6) is -2.23. The standard InChI is InChI=1S/C16H26N4O6S/c1-10(21)19-11(5-7-27-2)16(26)20-6-3-4-12(20)15(25)18-8-13(22)17-9-14(23)24/h11-12H,3-9H2,1-2H3,(H,17,22)(H,18,25)(H,19,21)(H,23,24)/t11-,12-/m0/s1. The van der Waals surface area contributed by atoms with Crippen LogP contribution in [-0.4, -0.2) is 83.3 Å². The summed E-state index contributed by atoms with van der Waals surface area (Å²) in [6.07, 6.45) is 3.47. The number of hydrogen-bond donors (Lipinski definition) is 4. The molecular formula is C16H26N4O6S. The molecule has 152 valence electrons. The molecular weight excluding hydrogens is 376 g/mol. The third-order valence-corrected chi connectivity index (χ3v) is 4.63. The van der Waals surface area contributed by atoms with Gasteiger partial charge in [0.2, 0.25) is 23.6 Å². The van der Waals surface area contributed by atoms with Crippen molar-refractivity contribution in [3.63, 3.8) is 0 Å². The van der Waals surface area contributed by atoms with E-state index in [1.54, 1.807) is 11.8 Å². The molecule has 2 atom stereocenters. The number of carboxylic acid groups (broad SMARTS) is 1. The molecule has 0 aromatic rings. The van der Waals surface area contributed by atoms with Crippen LogP contribution in [0.2, 0.25) is 0 Å². The minimum atomic E-state index is -1.18. The molecule has 27 heavy (non-hydrogen) atoms. The van der Waals surface area contributed by atoms with E-state index in [9.17, 15) is 24.0 Å². The highest BCUT2D eigenvalue weighted by atomic mass is 32.2. The van der Waals surface area contributed by atoms with Crippen molar-refractivity contribution in [1.29, 1.82) is 0 Å². The lowest BCUT2D eigenvalue weighted by Gasteiger charge is -2.28. The molecule has 0 saturated carbocycles. The summed E-state index contributed by atoms with van der Waals surface area (Å²) in [7, 11) is 0. The third-order valence-electron chi connectivity index (χ3n) is 3.98. The smallest absolute Gasteiger partial charge is 0.322 e. The van der Waals surface area contributed by atoms with Crippen molar-refractivity contribution in [3.05, 3.63) is 0 Å². The van der Waals surface area contributed by atoms with Gasteiger partial charge in [-0.1, -0.05) is 0 Å². The van der Waals surface area contributed by atoms with Gasteiger partial charge in [0.15, 0.2) is 0 Å². The van der Waals surface area contributed by atoms with E-state index >= 15 is 0 Å². The number of carboxylic acids is 1. The van der Waals surface area contributed by atoms with E-state index < -0.39 is 36.4 Å². The second kappa shape index (κ2) is 11.4. The first-order valence-corrected chi connectivity index (χ1v) is 9.98. The Labute approximate surface area is 161 Å². The number of rotatable bonds is 10. The summed E-state index contributed by atoms with van der Waals surface area (Å²) in [5.41, 5.74) is 0. The van der Waals surface area contributed by atoms with E-state index in [2.05, 4.69) is 16.0 Å². The van der Waals surface area contributed by atoms with Gasteiger partial charge in [-0.3, -0.25) is 24.0 Å². The van der Waals surface area contributed by atoms with Gasteiger partial charge < -0.3 is 26.0 Å². The van der Waals surface area contributed by atoms with Crippen molar-refractivity contribution in [3.8, 4) is 0 Å². The van der Waals surface area contributed by atoms with E-state index in [0.717, 1.165) is 0 Å². The van der Waals surface area contributed by atoms with Gasteiger partial charge in [0.05, 0.1) is 6.54 Å². The number of thioether (sulfide) groups is 1. The number of amides is 4. The fourth-order valence-electron chi connectivity index (χ4n) is 2.76. The number of aliphatic carboxylic acids is 1. The fraction of sp³-hybridized carbons (Fsp3) is 0.688. The maximum atomic E-state index is 12.8. The highest BCUT2D eigenvalue weighted by molar-refractivity contribution is 7.98. The van der Waals surface area contributed by atoms with Gasteiger partial charge in [-0.25, -0.2) is 0 Å². The Kier molecular flexibility index (Phi) is 9.62. The summed E-state index contributed by atoms with van der Waals surface area (Å²) in [6, 6.07) is -1.41. The van der Waals surface area contributed by atoms with Crippen molar-refractivity contribution in [2.45, 2.75) is 38.3 Å². The Morgan fingerprint density at radius 3 is 2.48 bits per heavy atom. The fourth-order valence-corrected chi connectivity index (χ4v) is 3.23. The number of nitrogens with zero attached hydrogens (tertiary/aromatic N) is 1. The summed E-state index contributed by atoms with van der Waals surface area (Å²) >= 11 is 1.55. The molecule has 0 spiro atoms. The third kappa shape index (κ3) is 7.85. The van der Waals surface area contributed by atoms with Gasteiger partial charge in [0.1, 0.15) is 18.6 Å². The van der Waals surface area contributed by atoms with E-state index in [0.29, 0.717) is 31.6 Å². The molecule has 1 aliphatic heterocycles. The minimum absolute atomic E-state index is 0.313. The molecule has 1 aliphatic rings. The average molecular weight is 402 g/mol. The summed E-state index contributed by atoms with van der Waals surface area (Å²) in [4.78, 5) is 59.9. The van der Waals surface area contributed by atoms with Crippen LogP contribution in [0.4, 0.5) is 0 Å². The van der Waals surface area contributed by atoms with Crippen molar-refractivity contribution in [1.82, 2.24) is 20.9 Å². The van der Waals surface area contributed by atoms with Gasteiger partial charge in [-0.2, -0.15) is 11.8 Å². The van der Waals surface area contributed by atoms with E-state index in [-0.39, 0.29) is 18.4 Å². The van der Waals surface area contributed by atoms with Crippen molar-refractivity contribution in [2.24, 2.45) is 0 Å². The first-order valence-electron chi connectivity index (χ1n) is 8.59. The van der Waals surface area contributed by atoms with E-state index in [1.807, 2.05) is 6.26 Å². The molecule has 1 fully saturated rings. The van der Waals surface area contributed by atoms with Crippen LogP contribution in [0, 0.1) is 0 Å². The van der Waals surface area contributed by atoms with Crippen molar-refractivity contribution in [2.75, 3.05) is 31.6 Å². The van der Waals surface area contributed by atoms with Gasteiger partial charge in [-0.05, 0) is 31.3 Å². The first kappa shape index (κ1) is 22.7. The maximum Gasteiger partial charge on any atom is 0.322 e. The molecule has 10 nitrogen and oxygen atoms in total. The van der Waals surface area contributed by atoms with Gasteiger partial charge in [-0.15, -0.1) is 0 Å². The van der Waals surface area contributed by atoms with Crippen LogP contribution in [0.15, 0.2) is 0 Å². The highest BCUT2D eigenvalue weighted by Crippen LogP contribution is 2.19. The number of carbonyl (C=O) groups is 5. The van der Waals surface area contributed by atoms with Crippen LogP contribution in [0.1, 0.15) is 26.2 Å². The topological polar surface area (TPSA) is 145 Å². The predicted octanol–water partition coefficient (Wildman–Crippen LogP) is -1.45. The Hall–Kier alpha value is -2.30. The molecule has 0 aliphatic carbocycles. The zero-order chi connectivity index (χ0) is 20.4. The Bertz CT molecular complexity index is 585. The molecule has 0 aromatic carbocycles. The van der Waals surface area contributed by atoms with Crippen molar-refractivity contribution >= 4 is 41.4 Å². The number of likely N-dealkylation sites (tertiary alicyclic amines) is 1. The largest absolute Gasteiger partial charge is 0.480 e. The molecule has 1 saturated heterocycles. The van der Waals surface area contributed by atoms with Crippen LogP contribution >= 0.6 is 11.8 Å². The SMILES string of the molecule is CSCC[C@H](NC(C)=O)C(=O)N1CCC[C@H]1C(=O)NCC(=O)NCC(=O)O. The molecule has 1 rings (SSSR count). The highest BCUT2D eigenvalue weighted by Gasteiger charge is 2.37. The summed E-state index contributed by atoms with van der Waals surface area (Å²) in [6.45, 7) is 0.837. The van der Waals surface area contributed by atoms with E-state index in [4.69, 9.17) is 5.11 Å². The van der Waals surface area contributed by atoms with Crippen LogP contribution in [0.5, 0.6) is 0 Å².